The lowest BCUT2D eigenvalue weighted by molar-refractivity contribution is -0.104. The highest BCUT2D eigenvalue weighted by atomic mass is 16.1. The first-order valence-electron chi connectivity index (χ1n) is 6.00. The fourth-order valence-electron chi connectivity index (χ4n) is 1.72. The lowest BCUT2D eigenvalue weighted by Crippen LogP contribution is -2.25. The quantitative estimate of drug-likeness (QED) is 0.593. The predicted molar refractivity (Wildman–Crippen MR) is 71.0 cm³/mol. The number of allylic oxidation sites excluding steroid dienone is 2. The largest absolute Gasteiger partial charge is 0.299 e. The van der Waals surface area contributed by atoms with Crippen molar-refractivity contribution >= 4 is 11.9 Å². The summed E-state index contributed by atoms with van der Waals surface area (Å²) < 4.78 is 2.05. The van der Waals surface area contributed by atoms with Crippen molar-refractivity contribution in [3.05, 3.63) is 23.5 Å². The molecule has 0 unspecified atom stereocenters. The highest BCUT2D eigenvalue weighted by molar-refractivity contribution is 5.79. The van der Waals surface area contributed by atoms with Crippen molar-refractivity contribution in [1.82, 2.24) is 9.78 Å². The van der Waals surface area contributed by atoms with Gasteiger partial charge in [-0.05, 0) is 51.3 Å². The van der Waals surface area contributed by atoms with Crippen LogP contribution in [0.1, 0.15) is 58.8 Å². The maximum atomic E-state index is 10.5. The number of hydrogen-bond donors (Lipinski definition) is 0. The van der Waals surface area contributed by atoms with E-state index >= 15 is 0 Å². The molecule has 1 heterocycles. The summed E-state index contributed by atoms with van der Waals surface area (Å²) in [5.41, 5.74) is 2.95. The summed E-state index contributed by atoms with van der Waals surface area (Å²) in [7, 11) is 0. The molecular formula is C14H22N2O. The molecule has 0 bridgehead atoms. The van der Waals surface area contributed by atoms with Gasteiger partial charge in [-0.15, -0.1) is 0 Å². The number of aromatic nitrogens is 2. The zero-order valence-corrected chi connectivity index (χ0v) is 11.6. The molecule has 0 aliphatic rings. The Labute approximate surface area is 104 Å². The van der Waals surface area contributed by atoms with E-state index in [0.29, 0.717) is 5.92 Å². The maximum absolute atomic E-state index is 10.5. The zero-order chi connectivity index (χ0) is 13.2. The van der Waals surface area contributed by atoms with Crippen LogP contribution < -0.4 is 0 Å². The summed E-state index contributed by atoms with van der Waals surface area (Å²) in [5, 5.41) is 4.61. The molecule has 3 heteroatoms. The van der Waals surface area contributed by atoms with Crippen LogP contribution in [0, 0.1) is 0 Å². The van der Waals surface area contributed by atoms with E-state index in [1.54, 1.807) is 6.08 Å². The summed E-state index contributed by atoms with van der Waals surface area (Å²) >= 11 is 0. The molecule has 1 aromatic rings. The highest BCUT2D eigenvalue weighted by Gasteiger charge is 2.21. The number of carbonyl (C=O) groups is 1. The fraction of sp³-hybridized carbons (Fsp3) is 0.571. The Balaban J connectivity index is 3.32. The summed E-state index contributed by atoms with van der Waals surface area (Å²) in [6.45, 7) is 12.6. The van der Waals surface area contributed by atoms with Crippen LogP contribution in [0.4, 0.5) is 0 Å². The first kappa shape index (κ1) is 13.7. The molecule has 0 amide bonds. The van der Waals surface area contributed by atoms with E-state index in [1.807, 2.05) is 6.92 Å². The molecule has 0 spiro atoms. The van der Waals surface area contributed by atoms with Crippen LogP contribution in [0.2, 0.25) is 0 Å². The monoisotopic (exact) mass is 234 g/mol. The molecule has 0 saturated carbocycles. The van der Waals surface area contributed by atoms with Gasteiger partial charge in [-0.25, -0.2) is 0 Å². The van der Waals surface area contributed by atoms with Gasteiger partial charge in [0.2, 0.25) is 0 Å². The molecule has 1 aromatic heterocycles. The van der Waals surface area contributed by atoms with Crippen LogP contribution in [0.15, 0.2) is 12.1 Å². The van der Waals surface area contributed by atoms with Crippen LogP contribution in [-0.2, 0) is 10.3 Å². The van der Waals surface area contributed by atoms with Gasteiger partial charge in [0.15, 0.2) is 0 Å². The zero-order valence-electron chi connectivity index (χ0n) is 11.6. The van der Waals surface area contributed by atoms with E-state index in [9.17, 15) is 4.79 Å². The lowest BCUT2D eigenvalue weighted by atomic mass is 10.0. The van der Waals surface area contributed by atoms with Crippen molar-refractivity contribution in [3.8, 4) is 0 Å². The number of carbonyl (C=O) groups excluding carboxylic acids is 1. The number of nitrogens with zero attached hydrogens (tertiary/aromatic N) is 2. The Morgan fingerprint density at radius 1 is 1.41 bits per heavy atom. The summed E-state index contributed by atoms with van der Waals surface area (Å²) in [4.78, 5) is 10.5. The van der Waals surface area contributed by atoms with Gasteiger partial charge in [-0.3, -0.25) is 9.48 Å². The van der Waals surface area contributed by atoms with E-state index in [-0.39, 0.29) is 5.54 Å². The topological polar surface area (TPSA) is 34.9 Å². The molecular weight excluding hydrogens is 212 g/mol. The molecule has 0 saturated heterocycles. The average molecular weight is 234 g/mol. The SMILES string of the molecule is C/C(=C\C=O)c1cc(C(C)C)n(C(C)(C)C)n1. The minimum atomic E-state index is -0.0423. The maximum Gasteiger partial charge on any atom is 0.143 e. The number of rotatable bonds is 3. The standard InChI is InChI=1S/C14H22N2O/c1-10(2)13-9-12(11(3)7-8-17)15-16(13)14(4,5)6/h7-10H,1-6H3/b11-7+. The summed E-state index contributed by atoms with van der Waals surface area (Å²) in [6.07, 6.45) is 2.36. The van der Waals surface area contributed by atoms with Gasteiger partial charge >= 0.3 is 0 Å². The second-order valence-corrected chi connectivity index (χ2v) is 5.68. The molecule has 0 N–H and O–H groups in total. The molecule has 94 valence electrons. The second kappa shape index (κ2) is 4.86. The molecule has 1 rings (SSSR count). The van der Waals surface area contributed by atoms with Gasteiger partial charge in [0.05, 0.1) is 11.2 Å². The van der Waals surface area contributed by atoms with E-state index < -0.39 is 0 Å². The first-order valence-corrected chi connectivity index (χ1v) is 6.00. The van der Waals surface area contributed by atoms with Crippen LogP contribution in [0.5, 0.6) is 0 Å². The predicted octanol–water partition coefficient (Wildman–Crippen LogP) is 3.36. The Kier molecular flexibility index (Phi) is 3.91. The van der Waals surface area contributed by atoms with Crippen molar-refractivity contribution in [3.63, 3.8) is 0 Å². The van der Waals surface area contributed by atoms with Gasteiger partial charge < -0.3 is 0 Å². The van der Waals surface area contributed by atoms with Crippen LogP contribution in [-0.4, -0.2) is 16.1 Å². The highest BCUT2D eigenvalue weighted by Crippen LogP contribution is 2.25. The molecule has 0 radical (unpaired) electrons. The van der Waals surface area contributed by atoms with Crippen molar-refractivity contribution in [2.45, 2.75) is 53.0 Å². The van der Waals surface area contributed by atoms with Crippen LogP contribution in [0.25, 0.3) is 5.57 Å². The summed E-state index contributed by atoms with van der Waals surface area (Å²) in [5.74, 6) is 0.416. The van der Waals surface area contributed by atoms with E-state index in [2.05, 4.69) is 50.5 Å². The van der Waals surface area contributed by atoms with Crippen molar-refractivity contribution in [2.24, 2.45) is 0 Å². The number of aldehydes is 1. The average Bonchev–Trinajstić information content (AvgIpc) is 2.61. The van der Waals surface area contributed by atoms with E-state index in [1.165, 1.54) is 5.69 Å². The van der Waals surface area contributed by atoms with Crippen molar-refractivity contribution in [2.75, 3.05) is 0 Å². The van der Waals surface area contributed by atoms with Gasteiger partial charge in [0.1, 0.15) is 6.29 Å². The Morgan fingerprint density at radius 3 is 2.35 bits per heavy atom. The molecule has 3 nitrogen and oxygen atoms in total. The minimum Gasteiger partial charge on any atom is -0.299 e. The Hall–Kier alpha value is -1.38. The Morgan fingerprint density at radius 2 is 2.00 bits per heavy atom. The smallest absolute Gasteiger partial charge is 0.143 e. The molecule has 0 aliphatic heterocycles. The normalized spacial score (nSPS) is 13.2. The lowest BCUT2D eigenvalue weighted by Gasteiger charge is -2.23. The minimum absolute atomic E-state index is 0.0423. The number of hydrogen-bond acceptors (Lipinski definition) is 2. The molecule has 0 fully saturated rings. The fourth-order valence-corrected chi connectivity index (χ4v) is 1.72. The molecule has 17 heavy (non-hydrogen) atoms. The van der Waals surface area contributed by atoms with Crippen LogP contribution in [0.3, 0.4) is 0 Å². The van der Waals surface area contributed by atoms with Crippen LogP contribution >= 0.6 is 0 Å². The van der Waals surface area contributed by atoms with Crippen molar-refractivity contribution in [1.29, 1.82) is 0 Å². The van der Waals surface area contributed by atoms with Gasteiger partial charge in [0.25, 0.3) is 0 Å². The van der Waals surface area contributed by atoms with E-state index in [4.69, 9.17) is 0 Å². The third kappa shape index (κ3) is 3.05. The van der Waals surface area contributed by atoms with Gasteiger partial charge in [-0.2, -0.15) is 5.10 Å². The Bertz CT molecular complexity index is 434. The van der Waals surface area contributed by atoms with Gasteiger partial charge in [0, 0.05) is 5.69 Å². The first-order chi connectivity index (χ1) is 7.77. The second-order valence-electron chi connectivity index (χ2n) is 5.68. The van der Waals surface area contributed by atoms with E-state index in [0.717, 1.165) is 17.6 Å². The molecule has 0 atom stereocenters. The van der Waals surface area contributed by atoms with Crippen molar-refractivity contribution < 1.29 is 4.79 Å². The molecule has 0 aliphatic carbocycles. The molecule has 0 aromatic carbocycles. The third-order valence-electron chi connectivity index (χ3n) is 2.69. The van der Waals surface area contributed by atoms with Gasteiger partial charge in [-0.1, -0.05) is 13.8 Å². The summed E-state index contributed by atoms with van der Waals surface area (Å²) in [6, 6.07) is 2.07. The third-order valence-corrected chi connectivity index (χ3v) is 2.69.